The Balaban J connectivity index is 4.18. The van der Waals surface area contributed by atoms with Crippen molar-refractivity contribution in [2.24, 2.45) is 10.8 Å². The van der Waals surface area contributed by atoms with Gasteiger partial charge in [0.25, 0.3) is 0 Å². The highest BCUT2D eigenvalue weighted by atomic mass is 17.2. The van der Waals surface area contributed by atoms with E-state index in [9.17, 15) is 9.59 Å². The lowest BCUT2D eigenvalue weighted by molar-refractivity contribution is -0.340. The molecule has 0 N–H and O–H groups in total. The Morgan fingerprint density at radius 1 is 0.533 bits per heavy atom. The fourth-order valence-electron chi connectivity index (χ4n) is 2.61. The lowest BCUT2D eigenvalue weighted by Gasteiger charge is -2.28. The second-order valence-electron chi connectivity index (χ2n) is 11.9. The van der Waals surface area contributed by atoms with Crippen LogP contribution >= 0.6 is 0 Å². The maximum Gasteiger partial charge on any atom is 0.342 e. The van der Waals surface area contributed by atoms with Gasteiger partial charge in [-0.2, -0.15) is 9.78 Å². The van der Waals surface area contributed by atoms with Gasteiger partial charge >= 0.3 is 11.9 Å². The van der Waals surface area contributed by atoms with E-state index in [0.29, 0.717) is 25.7 Å². The summed E-state index contributed by atoms with van der Waals surface area (Å²) in [4.78, 5) is 44.5. The first-order valence-corrected chi connectivity index (χ1v) is 11.2. The number of rotatable bonds is 13. The SMILES string of the molecule is CC(C)(C)CCCC(=O)OOC(C)(C)CCC(C)(C)OOC(=O)CCCC(C)(C)C. The quantitative estimate of drug-likeness (QED) is 0.239. The molecule has 0 unspecified atom stereocenters. The van der Waals surface area contributed by atoms with Crippen LogP contribution in [0, 0.1) is 10.8 Å². The van der Waals surface area contributed by atoms with Gasteiger partial charge in [-0.15, -0.1) is 0 Å². The first-order chi connectivity index (χ1) is 13.4. The minimum absolute atomic E-state index is 0.196. The Hall–Kier alpha value is -1.14. The van der Waals surface area contributed by atoms with Crippen LogP contribution in [0.2, 0.25) is 0 Å². The van der Waals surface area contributed by atoms with Crippen LogP contribution < -0.4 is 0 Å². The van der Waals surface area contributed by atoms with E-state index >= 15 is 0 Å². The topological polar surface area (TPSA) is 71.1 Å². The van der Waals surface area contributed by atoms with Crippen LogP contribution in [-0.4, -0.2) is 23.1 Å². The summed E-state index contributed by atoms with van der Waals surface area (Å²) in [6.45, 7) is 20.3. The zero-order chi connectivity index (χ0) is 23.6. The Morgan fingerprint density at radius 2 is 0.833 bits per heavy atom. The zero-order valence-electron chi connectivity index (χ0n) is 21.1. The van der Waals surface area contributed by atoms with Gasteiger partial charge in [-0.25, -0.2) is 9.59 Å². The third-order valence-corrected chi connectivity index (χ3v) is 4.66. The molecule has 30 heavy (non-hydrogen) atoms. The van der Waals surface area contributed by atoms with Crippen LogP contribution in [0.3, 0.4) is 0 Å². The summed E-state index contributed by atoms with van der Waals surface area (Å²) < 4.78 is 0. The van der Waals surface area contributed by atoms with Crippen LogP contribution in [0.15, 0.2) is 0 Å². The van der Waals surface area contributed by atoms with Gasteiger partial charge in [-0.1, -0.05) is 41.5 Å². The molecule has 178 valence electrons. The smallest absolute Gasteiger partial charge is 0.298 e. The molecule has 6 nitrogen and oxygen atoms in total. The molecule has 0 bridgehead atoms. The molecule has 0 radical (unpaired) electrons. The van der Waals surface area contributed by atoms with E-state index in [0.717, 1.165) is 25.7 Å². The van der Waals surface area contributed by atoms with Crippen molar-refractivity contribution in [1.82, 2.24) is 0 Å². The Bertz CT molecular complexity index is 475. The first kappa shape index (κ1) is 28.9. The molecule has 0 aromatic heterocycles. The summed E-state index contributed by atoms with van der Waals surface area (Å²) in [5.41, 5.74) is -0.946. The third-order valence-electron chi connectivity index (χ3n) is 4.66. The zero-order valence-corrected chi connectivity index (χ0v) is 21.1. The lowest BCUT2D eigenvalue weighted by atomic mass is 9.90. The summed E-state index contributed by atoms with van der Waals surface area (Å²) in [5.74, 6) is -0.709. The molecule has 6 heteroatoms. The summed E-state index contributed by atoms with van der Waals surface area (Å²) >= 11 is 0. The summed E-state index contributed by atoms with van der Waals surface area (Å²) in [7, 11) is 0. The second-order valence-corrected chi connectivity index (χ2v) is 11.9. The Kier molecular flexibility index (Phi) is 11.6. The maximum absolute atomic E-state index is 11.9. The van der Waals surface area contributed by atoms with Crippen molar-refractivity contribution in [3.63, 3.8) is 0 Å². The fourth-order valence-corrected chi connectivity index (χ4v) is 2.61. The van der Waals surface area contributed by atoms with E-state index in [1.807, 2.05) is 27.7 Å². The Morgan fingerprint density at radius 3 is 1.10 bits per heavy atom. The van der Waals surface area contributed by atoms with E-state index in [2.05, 4.69) is 41.5 Å². The van der Waals surface area contributed by atoms with Gasteiger partial charge in [0.05, 0.1) is 0 Å². The molecule has 0 saturated heterocycles. The van der Waals surface area contributed by atoms with Gasteiger partial charge in [-0.3, -0.25) is 9.78 Å². The first-order valence-electron chi connectivity index (χ1n) is 11.2. The molecule has 0 aliphatic heterocycles. The fraction of sp³-hybridized carbons (Fsp3) is 0.917. The predicted octanol–water partition coefficient (Wildman–Crippen LogP) is 6.71. The van der Waals surface area contributed by atoms with E-state index in [-0.39, 0.29) is 22.8 Å². The molecular formula is C24H46O6. The van der Waals surface area contributed by atoms with Crippen molar-refractivity contribution in [2.45, 2.75) is 132 Å². The van der Waals surface area contributed by atoms with Crippen LogP contribution in [0.5, 0.6) is 0 Å². The average molecular weight is 431 g/mol. The number of hydrogen-bond acceptors (Lipinski definition) is 6. The van der Waals surface area contributed by atoms with Gasteiger partial charge in [0, 0.05) is 12.8 Å². The van der Waals surface area contributed by atoms with Crippen molar-refractivity contribution in [3.05, 3.63) is 0 Å². The Labute approximate surface area is 184 Å². The van der Waals surface area contributed by atoms with Crippen LogP contribution in [0.1, 0.15) is 121 Å². The number of hydrogen-bond donors (Lipinski definition) is 0. The molecule has 0 aromatic carbocycles. The molecule has 0 aromatic rings. The van der Waals surface area contributed by atoms with Crippen LogP contribution in [0.25, 0.3) is 0 Å². The molecule has 0 amide bonds. The van der Waals surface area contributed by atoms with Crippen LogP contribution in [-0.2, 0) is 29.1 Å². The molecular weight excluding hydrogens is 384 g/mol. The summed E-state index contributed by atoms with van der Waals surface area (Å²) in [6.07, 6.45) is 5.26. The molecule has 0 heterocycles. The van der Waals surface area contributed by atoms with Crippen molar-refractivity contribution in [3.8, 4) is 0 Å². The largest absolute Gasteiger partial charge is 0.342 e. The maximum atomic E-state index is 11.9. The third kappa shape index (κ3) is 17.7. The van der Waals surface area contributed by atoms with Gasteiger partial charge in [0.15, 0.2) is 0 Å². The molecule has 0 aliphatic rings. The predicted molar refractivity (Wildman–Crippen MR) is 118 cm³/mol. The second kappa shape index (κ2) is 12.0. The molecule has 0 aliphatic carbocycles. The molecule has 0 atom stereocenters. The lowest BCUT2D eigenvalue weighted by Crippen LogP contribution is -2.32. The molecule has 0 saturated carbocycles. The van der Waals surface area contributed by atoms with Crippen molar-refractivity contribution in [1.29, 1.82) is 0 Å². The standard InChI is InChI=1S/C24H46O6/c1-21(2,3)15-11-13-19(25)27-29-23(7,8)17-18-24(9,10)30-28-20(26)14-12-16-22(4,5)6/h11-18H2,1-10H3. The highest BCUT2D eigenvalue weighted by Crippen LogP contribution is 2.27. The van der Waals surface area contributed by atoms with E-state index in [4.69, 9.17) is 19.6 Å². The van der Waals surface area contributed by atoms with Gasteiger partial charge in [-0.05, 0) is 77.0 Å². The minimum atomic E-state index is -0.670. The van der Waals surface area contributed by atoms with Gasteiger partial charge in [0.1, 0.15) is 11.2 Å². The van der Waals surface area contributed by atoms with Crippen molar-refractivity contribution < 1.29 is 29.1 Å². The number of carbonyl (C=O) groups excluding carboxylic acids is 2. The van der Waals surface area contributed by atoms with E-state index < -0.39 is 11.2 Å². The molecule has 0 fully saturated rings. The number of carbonyl (C=O) groups is 2. The highest BCUT2D eigenvalue weighted by molar-refractivity contribution is 5.68. The molecule has 0 spiro atoms. The summed E-state index contributed by atoms with van der Waals surface area (Å²) in [5, 5.41) is 0. The van der Waals surface area contributed by atoms with Gasteiger partial charge < -0.3 is 0 Å². The normalized spacial score (nSPS) is 13.3. The van der Waals surface area contributed by atoms with E-state index in [1.165, 1.54) is 0 Å². The van der Waals surface area contributed by atoms with Crippen molar-refractivity contribution in [2.75, 3.05) is 0 Å². The van der Waals surface area contributed by atoms with Gasteiger partial charge in [0.2, 0.25) is 0 Å². The average Bonchev–Trinajstić information content (AvgIpc) is 2.55. The highest BCUT2D eigenvalue weighted by Gasteiger charge is 2.29. The minimum Gasteiger partial charge on any atom is -0.298 e. The monoisotopic (exact) mass is 430 g/mol. The van der Waals surface area contributed by atoms with Crippen molar-refractivity contribution >= 4 is 11.9 Å². The van der Waals surface area contributed by atoms with Crippen LogP contribution in [0.4, 0.5) is 0 Å². The molecule has 0 rings (SSSR count). The van der Waals surface area contributed by atoms with E-state index in [1.54, 1.807) is 0 Å². The summed E-state index contributed by atoms with van der Waals surface area (Å²) in [6, 6.07) is 0.